The molecule has 1 heterocycles. The first kappa shape index (κ1) is 10.5. The van der Waals surface area contributed by atoms with Gasteiger partial charge in [0.1, 0.15) is 5.82 Å². The van der Waals surface area contributed by atoms with Crippen molar-refractivity contribution in [2.45, 2.75) is 13.8 Å². The Hall–Kier alpha value is -1.61. The van der Waals surface area contributed by atoms with E-state index >= 15 is 0 Å². The summed E-state index contributed by atoms with van der Waals surface area (Å²) in [5.41, 5.74) is 2.09. The third-order valence-electron chi connectivity index (χ3n) is 1.69. The molecule has 0 atom stereocenters. The van der Waals surface area contributed by atoms with Crippen molar-refractivity contribution in [3.63, 3.8) is 0 Å². The lowest BCUT2D eigenvalue weighted by Crippen LogP contribution is -2.25. The lowest BCUT2D eigenvalue weighted by atomic mass is 10.3. The van der Waals surface area contributed by atoms with Gasteiger partial charge < -0.3 is 0 Å². The Bertz CT molecular complexity index is 355. The Morgan fingerprint density at radius 3 is 2.93 bits per heavy atom. The highest BCUT2D eigenvalue weighted by Gasteiger charge is 1.97. The molecule has 0 unspecified atom stereocenters. The molecule has 0 bridgehead atoms. The van der Waals surface area contributed by atoms with E-state index in [0.717, 1.165) is 17.0 Å². The van der Waals surface area contributed by atoms with Gasteiger partial charge >= 0.3 is 0 Å². The van der Waals surface area contributed by atoms with Gasteiger partial charge in [-0.25, -0.2) is 10.8 Å². The summed E-state index contributed by atoms with van der Waals surface area (Å²) in [6.07, 6.45) is 5.31. The van der Waals surface area contributed by atoms with Crippen LogP contribution >= 0.6 is 0 Å². The van der Waals surface area contributed by atoms with Gasteiger partial charge in [-0.15, -0.1) is 0 Å². The second kappa shape index (κ2) is 4.58. The molecule has 0 aromatic carbocycles. The fourth-order valence-electron chi connectivity index (χ4n) is 0.945. The molecule has 0 aliphatic heterocycles. The highest BCUT2D eigenvalue weighted by molar-refractivity contribution is 5.42. The van der Waals surface area contributed by atoms with E-state index < -0.39 is 0 Å². The van der Waals surface area contributed by atoms with Crippen LogP contribution in [0.5, 0.6) is 0 Å². The number of hydrogen-bond acceptors (Lipinski definition) is 3. The molecule has 0 amide bonds. The van der Waals surface area contributed by atoms with Crippen LogP contribution in [0.3, 0.4) is 0 Å². The molecule has 0 radical (unpaired) electrons. The minimum atomic E-state index is 0.725. The molecule has 2 N–H and O–H groups in total. The number of aromatic nitrogens is 1. The molecule has 1 aromatic rings. The summed E-state index contributed by atoms with van der Waals surface area (Å²) in [5, 5.41) is 1.47. The van der Waals surface area contributed by atoms with Crippen LogP contribution in [0.4, 0.5) is 5.82 Å². The largest absolute Gasteiger partial charge is 0.270 e. The Kier molecular flexibility index (Phi) is 3.42. The number of anilines is 1. The van der Waals surface area contributed by atoms with Crippen molar-refractivity contribution in [3.05, 3.63) is 48.3 Å². The fourth-order valence-corrected chi connectivity index (χ4v) is 0.945. The van der Waals surface area contributed by atoms with Crippen LogP contribution in [0, 0.1) is 6.92 Å². The van der Waals surface area contributed by atoms with Gasteiger partial charge in [-0.05, 0) is 37.6 Å². The van der Waals surface area contributed by atoms with Crippen molar-refractivity contribution in [1.29, 1.82) is 0 Å². The van der Waals surface area contributed by atoms with E-state index in [-0.39, 0.29) is 0 Å². The maximum absolute atomic E-state index is 5.76. The van der Waals surface area contributed by atoms with Crippen LogP contribution in [0.15, 0.2) is 42.8 Å². The van der Waals surface area contributed by atoms with E-state index in [2.05, 4.69) is 11.6 Å². The zero-order chi connectivity index (χ0) is 10.6. The molecule has 1 rings (SSSR count). The lowest BCUT2D eigenvalue weighted by molar-refractivity contribution is 1.02. The summed E-state index contributed by atoms with van der Waals surface area (Å²) < 4.78 is 0. The summed E-state index contributed by atoms with van der Waals surface area (Å²) in [5.74, 6) is 6.48. The average molecular weight is 189 g/mol. The van der Waals surface area contributed by atoms with Crippen molar-refractivity contribution >= 4 is 5.82 Å². The molecule has 0 aliphatic carbocycles. The number of allylic oxidation sites excluding steroid dienone is 2. The summed E-state index contributed by atoms with van der Waals surface area (Å²) in [7, 11) is 0. The normalized spacial score (nSPS) is 10.5. The average Bonchev–Trinajstić information content (AvgIpc) is 2.14. The number of rotatable bonds is 3. The number of aryl methyl sites for hydroxylation is 1. The van der Waals surface area contributed by atoms with E-state index in [1.54, 1.807) is 12.4 Å². The monoisotopic (exact) mass is 189 g/mol. The highest BCUT2D eigenvalue weighted by Crippen LogP contribution is 2.09. The first-order chi connectivity index (χ1) is 6.59. The van der Waals surface area contributed by atoms with E-state index in [1.165, 1.54) is 5.01 Å². The predicted molar refractivity (Wildman–Crippen MR) is 59.6 cm³/mol. The summed E-state index contributed by atoms with van der Waals surface area (Å²) in [4.78, 5) is 4.14. The van der Waals surface area contributed by atoms with Gasteiger partial charge in [0.2, 0.25) is 0 Å². The molecule has 0 fully saturated rings. The first-order valence-electron chi connectivity index (χ1n) is 4.40. The molecule has 14 heavy (non-hydrogen) atoms. The summed E-state index contributed by atoms with van der Waals surface area (Å²) in [6.45, 7) is 7.66. The molecule has 0 aliphatic rings. The Morgan fingerprint density at radius 2 is 2.36 bits per heavy atom. The number of hydrogen-bond donors (Lipinski definition) is 1. The van der Waals surface area contributed by atoms with Gasteiger partial charge in [-0.1, -0.05) is 12.2 Å². The van der Waals surface area contributed by atoms with E-state index in [9.17, 15) is 0 Å². The van der Waals surface area contributed by atoms with Gasteiger partial charge in [0.15, 0.2) is 0 Å². The van der Waals surface area contributed by atoms with Crippen molar-refractivity contribution in [2.75, 3.05) is 5.01 Å². The van der Waals surface area contributed by atoms with Gasteiger partial charge in [0.05, 0.1) is 0 Å². The molecular weight excluding hydrogens is 174 g/mol. The highest BCUT2D eigenvalue weighted by atomic mass is 15.4. The van der Waals surface area contributed by atoms with Gasteiger partial charge in [0.25, 0.3) is 0 Å². The molecule has 1 aromatic heterocycles. The van der Waals surface area contributed by atoms with E-state index in [0.29, 0.717) is 0 Å². The quantitative estimate of drug-likeness (QED) is 0.450. The number of hydrazine groups is 1. The fraction of sp³-hybridized carbons (Fsp3) is 0.182. The first-order valence-corrected chi connectivity index (χ1v) is 4.40. The van der Waals surface area contributed by atoms with E-state index in [1.807, 2.05) is 32.1 Å². The molecular formula is C11H15N3. The third kappa shape index (κ3) is 3.03. The van der Waals surface area contributed by atoms with Crippen molar-refractivity contribution < 1.29 is 0 Å². The minimum absolute atomic E-state index is 0.725. The Balaban J connectivity index is 2.79. The van der Waals surface area contributed by atoms with E-state index in [4.69, 9.17) is 5.84 Å². The van der Waals surface area contributed by atoms with Crippen molar-refractivity contribution in [3.8, 4) is 0 Å². The number of pyridine rings is 1. The number of nitrogens with two attached hydrogens (primary N) is 1. The summed E-state index contributed by atoms with van der Waals surface area (Å²) >= 11 is 0. The van der Waals surface area contributed by atoms with Gasteiger partial charge in [-0.2, -0.15) is 0 Å². The second-order valence-electron chi connectivity index (χ2n) is 3.26. The zero-order valence-electron chi connectivity index (χ0n) is 8.57. The number of nitrogens with zero attached hydrogens (tertiary/aromatic N) is 2. The van der Waals surface area contributed by atoms with Gasteiger partial charge in [0, 0.05) is 12.4 Å². The van der Waals surface area contributed by atoms with Crippen LogP contribution in [-0.2, 0) is 0 Å². The zero-order valence-corrected chi connectivity index (χ0v) is 8.57. The molecule has 3 nitrogen and oxygen atoms in total. The second-order valence-corrected chi connectivity index (χ2v) is 3.26. The smallest absolute Gasteiger partial charge is 0.146 e. The lowest BCUT2D eigenvalue weighted by Gasteiger charge is -2.12. The van der Waals surface area contributed by atoms with Crippen molar-refractivity contribution in [1.82, 2.24) is 4.98 Å². The topological polar surface area (TPSA) is 42.1 Å². The van der Waals surface area contributed by atoms with Gasteiger partial charge in [-0.3, -0.25) is 5.01 Å². The molecule has 0 saturated heterocycles. The van der Waals surface area contributed by atoms with Crippen LogP contribution in [0.2, 0.25) is 0 Å². The van der Waals surface area contributed by atoms with Crippen molar-refractivity contribution in [2.24, 2.45) is 5.84 Å². The minimum Gasteiger partial charge on any atom is -0.270 e. The molecule has 74 valence electrons. The summed E-state index contributed by atoms with van der Waals surface area (Å²) in [6, 6.07) is 3.85. The SMILES string of the molecule is C=C(C)/C=C\N(N)c1cc(C)ccn1. The van der Waals surface area contributed by atoms with Crippen LogP contribution in [-0.4, -0.2) is 4.98 Å². The predicted octanol–water partition coefficient (Wildman–Crippen LogP) is 2.16. The standard InChI is InChI=1S/C11H15N3/c1-9(2)5-7-14(12)11-8-10(3)4-6-13-11/h4-8H,1,12H2,2-3H3/b7-5-. The maximum atomic E-state index is 5.76. The molecule has 3 heteroatoms. The third-order valence-corrected chi connectivity index (χ3v) is 1.69. The molecule has 0 spiro atoms. The van der Waals surface area contributed by atoms with Crippen LogP contribution in [0.1, 0.15) is 12.5 Å². The van der Waals surface area contributed by atoms with Crippen LogP contribution in [0.25, 0.3) is 0 Å². The maximum Gasteiger partial charge on any atom is 0.146 e. The molecule has 0 saturated carbocycles. The van der Waals surface area contributed by atoms with Crippen LogP contribution < -0.4 is 10.9 Å². The Morgan fingerprint density at radius 1 is 1.64 bits per heavy atom. The Labute approximate surface area is 84.5 Å².